The van der Waals surface area contributed by atoms with Gasteiger partial charge in [0, 0.05) is 0 Å². The molecular weight excluding hydrogens is 355 g/mol. The summed E-state index contributed by atoms with van der Waals surface area (Å²) in [7, 11) is 0. The SMILES string of the molecule is CCCCCCCCOc1ccc(-c2ccc(C(CC)C(=O)O)cc2)cc1F. The predicted molar refractivity (Wildman–Crippen MR) is 111 cm³/mol. The molecule has 28 heavy (non-hydrogen) atoms. The van der Waals surface area contributed by atoms with Crippen LogP contribution in [0.4, 0.5) is 4.39 Å². The van der Waals surface area contributed by atoms with Gasteiger partial charge in [-0.1, -0.05) is 76.3 Å². The summed E-state index contributed by atoms with van der Waals surface area (Å²) in [6.07, 6.45) is 7.55. The molecule has 0 saturated carbocycles. The molecule has 0 aromatic heterocycles. The number of ether oxygens (including phenoxy) is 1. The fraction of sp³-hybridized carbons (Fsp3) is 0.458. The molecule has 0 bridgehead atoms. The molecule has 0 amide bonds. The molecule has 2 rings (SSSR count). The van der Waals surface area contributed by atoms with E-state index in [0.29, 0.717) is 13.0 Å². The van der Waals surface area contributed by atoms with E-state index < -0.39 is 11.9 Å². The van der Waals surface area contributed by atoms with Crippen LogP contribution in [-0.4, -0.2) is 17.7 Å². The summed E-state index contributed by atoms with van der Waals surface area (Å²) in [5.41, 5.74) is 2.36. The molecule has 0 aliphatic heterocycles. The van der Waals surface area contributed by atoms with Gasteiger partial charge in [-0.2, -0.15) is 0 Å². The highest BCUT2D eigenvalue weighted by atomic mass is 19.1. The van der Waals surface area contributed by atoms with Crippen molar-refractivity contribution in [1.29, 1.82) is 0 Å². The van der Waals surface area contributed by atoms with E-state index >= 15 is 0 Å². The van der Waals surface area contributed by atoms with Gasteiger partial charge < -0.3 is 9.84 Å². The van der Waals surface area contributed by atoms with Crippen LogP contribution in [0.5, 0.6) is 5.75 Å². The Hall–Kier alpha value is -2.36. The van der Waals surface area contributed by atoms with Crippen LogP contribution in [0.3, 0.4) is 0 Å². The zero-order valence-corrected chi connectivity index (χ0v) is 16.9. The number of hydrogen-bond acceptors (Lipinski definition) is 2. The third-order valence-electron chi connectivity index (χ3n) is 5.04. The zero-order valence-electron chi connectivity index (χ0n) is 16.9. The number of aliphatic carboxylic acids is 1. The Morgan fingerprint density at radius 1 is 0.964 bits per heavy atom. The molecule has 1 unspecified atom stereocenters. The lowest BCUT2D eigenvalue weighted by Crippen LogP contribution is -2.10. The minimum Gasteiger partial charge on any atom is -0.491 e. The van der Waals surface area contributed by atoms with E-state index in [-0.39, 0.29) is 11.6 Å². The Morgan fingerprint density at radius 2 is 1.61 bits per heavy atom. The van der Waals surface area contributed by atoms with E-state index in [1.165, 1.54) is 31.7 Å². The van der Waals surface area contributed by atoms with Gasteiger partial charge in [0.05, 0.1) is 12.5 Å². The van der Waals surface area contributed by atoms with Crippen LogP contribution in [-0.2, 0) is 4.79 Å². The average molecular weight is 387 g/mol. The van der Waals surface area contributed by atoms with Crippen LogP contribution in [0.25, 0.3) is 11.1 Å². The van der Waals surface area contributed by atoms with Crippen molar-refractivity contribution in [1.82, 2.24) is 0 Å². The van der Waals surface area contributed by atoms with Crippen molar-refractivity contribution in [3.63, 3.8) is 0 Å². The minimum atomic E-state index is -0.826. The maximum atomic E-state index is 14.4. The molecule has 1 atom stereocenters. The van der Waals surface area contributed by atoms with Crippen molar-refractivity contribution < 1.29 is 19.0 Å². The first-order valence-corrected chi connectivity index (χ1v) is 10.3. The molecule has 1 N–H and O–H groups in total. The van der Waals surface area contributed by atoms with Crippen LogP contribution in [0.15, 0.2) is 42.5 Å². The fourth-order valence-corrected chi connectivity index (χ4v) is 3.32. The second kappa shape index (κ2) is 11.5. The number of halogens is 1. The van der Waals surface area contributed by atoms with Crippen molar-refractivity contribution >= 4 is 5.97 Å². The van der Waals surface area contributed by atoms with Crippen LogP contribution in [0, 0.1) is 5.82 Å². The summed E-state index contributed by atoms with van der Waals surface area (Å²) in [6.45, 7) is 4.58. The number of hydrogen-bond donors (Lipinski definition) is 1. The van der Waals surface area contributed by atoms with Gasteiger partial charge >= 0.3 is 5.97 Å². The van der Waals surface area contributed by atoms with E-state index in [2.05, 4.69) is 6.92 Å². The molecule has 0 aliphatic rings. The van der Waals surface area contributed by atoms with E-state index in [0.717, 1.165) is 29.5 Å². The Balaban J connectivity index is 1.93. The van der Waals surface area contributed by atoms with Crippen LogP contribution >= 0.6 is 0 Å². The largest absolute Gasteiger partial charge is 0.491 e. The van der Waals surface area contributed by atoms with Gasteiger partial charge in [-0.25, -0.2) is 4.39 Å². The summed E-state index contributed by atoms with van der Waals surface area (Å²) in [5, 5.41) is 9.26. The number of carbonyl (C=O) groups is 1. The van der Waals surface area contributed by atoms with Crippen molar-refractivity contribution in [2.24, 2.45) is 0 Å². The number of benzene rings is 2. The second-order valence-corrected chi connectivity index (χ2v) is 7.18. The van der Waals surface area contributed by atoms with Crippen LogP contribution in [0.1, 0.15) is 70.3 Å². The normalized spacial score (nSPS) is 12.0. The van der Waals surface area contributed by atoms with Crippen molar-refractivity contribution in [3.8, 4) is 16.9 Å². The third kappa shape index (κ3) is 6.36. The van der Waals surface area contributed by atoms with E-state index in [1.54, 1.807) is 18.2 Å². The lowest BCUT2D eigenvalue weighted by molar-refractivity contribution is -0.138. The predicted octanol–water partition coefficient (Wildman–Crippen LogP) is 6.81. The summed E-state index contributed by atoms with van der Waals surface area (Å²) in [5.74, 6) is -1.42. The first kappa shape index (κ1) is 21.9. The molecule has 0 fully saturated rings. The quantitative estimate of drug-likeness (QED) is 0.408. The topological polar surface area (TPSA) is 46.5 Å². The maximum Gasteiger partial charge on any atom is 0.310 e. The monoisotopic (exact) mass is 386 g/mol. The Bertz CT molecular complexity index is 740. The number of unbranched alkanes of at least 4 members (excludes halogenated alkanes) is 5. The van der Waals surface area contributed by atoms with E-state index in [4.69, 9.17) is 4.74 Å². The molecule has 152 valence electrons. The molecule has 2 aromatic rings. The number of rotatable bonds is 12. The molecule has 0 saturated heterocycles. The van der Waals surface area contributed by atoms with Gasteiger partial charge in [0.1, 0.15) is 0 Å². The van der Waals surface area contributed by atoms with Gasteiger partial charge in [-0.3, -0.25) is 4.79 Å². The van der Waals surface area contributed by atoms with Crippen molar-refractivity contribution in [2.45, 2.75) is 64.7 Å². The van der Waals surface area contributed by atoms with Gasteiger partial charge in [-0.15, -0.1) is 0 Å². The molecular formula is C24H31FO3. The molecule has 2 aromatic carbocycles. The van der Waals surface area contributed by atoms with Crippen LogP contribution < -0.4 is 4.74 Å². The summed E-state index contributed by atoms with van der Waals surface area (Å²) in [4.78, 5) is 11.3. The number of carboxylic acid groups (broad SMARTS) is 1. The summed E-state index contributed by atoms with van der Waals surface area (Å²) in [6, 6.07) is 12.3. The zero-order chi connectivity index (χ0) is 20.4. The Labute approximate surface area is 167 Å². The highest BCUT2D eigenvalue weighted by Crippen LogP contribution is 2.28. The molecule has 0 spiro atoms. The van der Waals surface area contributed by atoms with Gasteiger partial charge in [0.25, 0.3) is 0 Å². The standard InChI is InChI=1S/C24H31FO3/c1-3-5-6-7-8-9-16-28-23-15-14-20(17-22(23)25)18-10-12-19(13-11-18)21(4-2)24(26)27/h10-15,17,21H,3-9,16H2,1-2H3,(H,26,27). The highest BCUT2D eigenvalue weighted by molar-refractivity contribution is 5.76. The Kier molecular flexibility index (Phi) is 8.99. The smallest absolute Gasteiger partial charge is 0.310 e. The molecule has 4 heteroatoms. The minimum absolute atomic E-state index is 0.283. The van der Waals surface area contributed by atoms with Crippen molar-refractivity contribution in [2.75, 3.05) is 6.61 Å². The lowest BCUT2D eigenvalue weighted by atomic mass is 9.94. The second-order valence-electron chi connectivity index (χ2n) is 7.18. The maximum absolute atomic E-state index is 14.4. The summed E-state index contributed by atoms with van der Waals surface area (Å²) < 4.78 is 20.0. The fourth-order valence-electron chi connectivity index (χ4n) is 3.32. The molecule has 0 aliphatic carbocycles. The molecule has 3 nitrogen and oxygen atoms in total. The van der Waals surface area contributed by atoms with Gasteiger partial charge in [-0.05, 0) is 41.7 Å². The van der Waals surface area contributed by atoms with Gasteiger partial charge in [0.15, 0.2) is 11.6 Å². The van der Waals surface area contributed by atoms with E-state index in [9.17, 15) is 14.3 Å². The Morgan fingerprint density at radius 3 is 2.21 bits per heavy atom. The molecule has 0 heterocycles. The molecule has 0 radical (unpaired) electrons. The highest BCUT2D eigenvalue weighted by Gasteiger charge is 2.17. The first-order chi connectivity index (χ1) is 13.6. The first-order valence-electron chi connectivity index (χ1n) is 10.3. The van der Waals surface area contributed by atoms with Gasteiger partial charge in [0.2, 0.25) is 0 Å². The van der Waals surface area contributed by atoms with E-state index in [1.807, 2.05) is 25.1 Å². The van der Waals surface area contributed by atoms with Crippen molar-refractivity contribution in [3.05, 3.63) is 53.8 Å². The lowest BCUT2D eigenvalue weighted by Gasteiger charge is -2.12. The average Bonchev–Trinajstić information content (AvgIpc) is 2.69. The van der Waals surface area contributed by atoms with Crippen LogP contribution in [0.2, 0.25) is 0 Å². The number of carboxylic acids is 1. The summed E-state index contributed by atoms with van der Waals surface area (Å²) >= 11 is 0. The third-order valence-corrected chi connectivity index (χ3v) is 5.04.